The predicted molar refractivity (Wildman–Crippen MR) is 82.6 cm³/mol. The van der Waals surface area contributed by atoms with Crippen LogP contribution in [0.3, 0.4) is 0 Å². The van der Waals surface area contributed by atoms with Crippen molar-refractivity contribution in [1.29, 1.82) is 0 Å². The van der Waals surface area contributed by atoms with Crippen LogP contribution in [0.15, 0.2) is 0 Å². The van der Waals surface area contributed by atoms with Gasteiger partial charge in [0.15, 0.2) is 0 Å². The Kier molecular flexibility index (Phi) is 14.2. The smallest absolute Gasteiger partial charge is 0.0297 e. The van der Waals surface area contributed by atoms with Crippen molar-refractivity contribution in [2.24, 2.45) is 11.3 Å². The van der Waals surface area contributed by atoms with E-state index in [0.29, 0.717) is 0 Å². The Bertz CT molecular complexity index is 127. The van der Waals surface area contributed by atoms with Crippen LogP contribution in [0, 0.1) is 11.3 Å². The normalized spacial score (nSPS) is 20.6. The molecule has 0 saturated heterocycles. The van der Waals surface area contributed by atoms with E-state index in [0.717, 1.165) is 11.3 Å². The zero-order valence-electron chi connectivity index (χ0n) is 13.7. The molecule has 0 unspecified atom stereocenters. The Hall–Kier alpha value is 0. The molecule has 0 N–H and O–H groups in total. The fourth-order valence-corrected chi connectivity index (χ4v) is 2.40. The van der Waals surface area contributed by atoms with E-state index in [1.54, 1.807) is 0 Å². The first kappa shape index (κ1) is 19.3. The van der Waals surface area contributed by atoms with E-state index < -0.39 is 0 Å². The van der Waals surface area contributed by atoms with Crippen molar-refractivity contribution in [1.82, 2.24) is 0 Å². The summed E-state index contributed by atoms with van der Waals surface area (Å²) in [6.45, 7) is 14.7. The van der Waals surface area contributed by atoms with Gasteiger partial charge in [-0.05, 0) is 37.0 Å². The van der Waals surface area contributed by atoms with Gasteiger partial charge in [0.1, 0.15) is 0 Å². The third kappa shape index (κ3) is 8.69. The minimum Gasteiger partial charge on any atom is -0.0683 e. The summed E-state index contributed by atoms with van der Waals surface area (Å²) in [6.07, 6.45) is 11.9. The third-order valence-electron chi connectivity index (χ3n) is 3.63. The maximum atomic E-state index is 2.49. The minimum absolute atomic E-state index is 0.820. The molecule has 0 nitrogen and oxygen atoms in total. The third-order valence-corrected chi connectivity index (χ3v) is 3.63. The summed E-state index contributed by atoms with van der Waals surface area (Å²) in [6, 6.07) is 0. The van der Waals surface area contributed by atoms with Crippen LogP contribution in [0.2, 0.25) is 0 Å². The van der Waals surface area contributed by atoms with Gasteiger partial charge in [0, 0.05) is 0 Å². The fourth-order valence-electron chi connectivity index (χ4n) is 2.40. The van der Waals surface area contributed by atoms with E-state index in [1.165, 1.54) is 51.4 Å². The number of rotatable bonds is 1. The lowest BCUT2D eigenvalue weighted by Gasteiger charge is -2.27. The standard InChI is InChI=1S/C10H18.C3H8.2C2H6/c1-10(7-8-10)9-5-3-2-4-6-9;1-3-2;2*1-2/h9H,2-8H2,1H3;3H2,1-2H3;2*1-2H3. The lowest BCUT2D eigenvalue weighted by molar-refractivity contribution is 0.245. The molecule has 2 saturated carbocycles. The summed E-state index contributed by atoms with van der Waals surface area (Å²) >= 11 is 0. The molecule has 0 aromatic rings. The summed E-state index contributed by atoms with van der Waals surface area (Å²) in [5.41, 5.74) is 0.820. The van der Waals surface area contributed by atoms with Gasteiger partial charge in [-0.3, -0.25) is 0 Å². The van der Waals surface area contributed by atoms with Crippen molar-refractivity contribution in [3.05, 3.63) is 0 Å². The SMILES string of the molecule is CC.CC.CC1(C2CCCCC2)CC1.CCC. The molecule has 0 bridgehead atoms. The van der Waals surface area contributed by atoms with Crippen LogP contribution < -0.4 is 0 Å². The van der Waals surface area contributed by atoms with Gasteiger partial charge in [0.25, 0.3) is 0 Å². The Labute approximate surface area is 112 Å². The monoisotopic (exact) mass is 242 g/mol. The first-order chi connectivity index (χ1) is 8.23. The molecule has 0 heterocycles. The van der Waals surface area contributed by atoms with Crippen molar-refractivity contribution in [3.8, 4) is 0 Å². The largest absolute Gasteiger partial charge is 0.0683 e. The van der Waals surface area contributed by atoms with Gasteiger partial charge < -0.3 is 0 Å². The van der Waals surface area contributed by atoms with Gasteiger partial charge in [-0.2, -0.15) is 0 Å². The zero-order chi connectivity index (χ0) is 13.7. The Morgan fingerprint density at radius 2 is 1.18 bits per heavy atom. The number of hydrogen-bond acceptors (Lipinski definition) is 0. The van der Waals surface area contributed by atoms with E-state index >= 15 is 0 Å². The van der Waals surface area contributed by atoms with Crippen molar-refractivity contribution in [2.75, 3.05) is 0 Å². The maximum absolute atomic E-state index is 2.49. The second kappa shape index (κ2) is 12.5. The first-order valence-corrected chi connectivity index (χ1v) is 8.23. The molecule has 0 spiro atoms. The molecule has 2 fully saturated rings. The number of hydrogen-bond donors (Lipinski definition) is 0. The van der Waals surface area contributed by atoms with Crippen LogP contribution >= 0.6 is 0 Å². The maximum Gasteiger partial charge on any atom is -0.0297 e. The second-order valence-electron chi connectivity index (χ2n) is 5.20. The average Bonchev–Trinajstić information content (AvgIpc) is 3.16. The average molecular weight is 242 g/mol. The van der Waals surface area contributed by atoms with Gasteiger partial charge in [0.05, 0.1) is 0 Å². The molecule has 0 radical (unpaired) electrons. The predicted octanol–water partition coefficient (Wildman–Crippen LogP) is 6.84. The summed E-state index contributed by atoms with van der Waals surface area (Å²) in [5, 5.41) is 0. The molecule has 0 aromatic heterocycles. The van der Waals surface area contributed by atoms with Crippen LogP contribution in [0.4, 0.5) is 0 Å². The highest BCUT2D eigenvalue weighted by Crippen LogP contribution is 2.55. The molecular formula is C17H38. The van der Waals surface area contributed by atoms with Crippen molar-refractivity contribution < 1.29 is 0 Å². The van der Waals surface area contributed by atoms with E-state index in [1.807, 2.05) is 27.7 Å². The molecule has 0 heteroatoms. The second-order valence-corrected chi connectivity index (χ2v) is 5.20. The molecule has 2 aliphatic carbocycles. The van der Waals surface area contributed by atoms with E-state index in [9.17, 15) is 0 Å². The lowest BCUT2D eigenvalue weighted by Crippen LogP contribution is -2.15. The van der Waals surface area contributed by atoms with E-state index in [4.69, 9.17) is 0 Å². The molecule has 0 aliphatic heterocycles. The van der Waals surface area contributed by atoms with Gasteiger partial charge in [-0.25, -0.2) is 0 Å². The highest BCUT2D eigenvalue weighted by atomic mass is 14.5. The summed E-state index contributed by atoms with van der Waals surface area (Å²) in [5.74, 6) is 1.11. The van der Waals surface area contributed by atoms with Crippen LogP contribution in [0.1, 0.15) is 99.8 Å². The Balaban J connectivity index is 0. The quantitative estimate of drug-likeness (QED) is 0.472. The molecule has 2 rings (SSSR count). The minimum atomic E-state index is 0.820. The van der Waals surface area contributed by atoms with E-state index in [-0.39, 0.29) is 0 Å². The molecule has 2 aliphatic rings. The summed E-state index contributed by atoms with van der Waals surface area (Å²) < 4.78 is 0. The molecule has 0 aromatic carbocycles. The molecule has 17 heavy (non-hydrogen) atoms. The van der Waals surface area contributed by atoms with Crippen LogP contribution in [0.5, 0.6) is 0 Å². The van der Waals surface area contributed by atoms with Crippen LogP contribution in [-0.2, 0) is 0 Å². The van der Waals surface area contributed by atoms with Crippen LogP contribution in [0.25, 0.3) is 0 Å². The zero-order valence-corrected chi connectivity index (χ0v) is 13.7. The van der Waals surface area contributed by atoms with Crippen LogP contribution in [-0.4, -0.2) is 0 Å². The Morgan fingerprint density at radius 1 is 0.824 bits per heavy atom. The lowest BCUT2D eigenvalue weighted by atomic mass is 9.79. The van der Waals surface area contributed by atoms with Gasteiger partial charge >= 0.3 is 0 Å². The Morgan fingerprint density at radius 3 is 1.47 bits per heavy atom. The van der Waals surface area contributed by atoms with Gasteiger partial charge in [0.2, 0.25) is 0 Å². The highest BCUT2D eigenvalue weighted by molar-refractivity contribution is 4.95. The van der Waals surface area contributed by atoms with Crippen molar-refractivity contribution >= 4 is 0 Å². The van der Waals surface area contributed by atoms with E-state index in [2.05, 4.69) is 20.8 Å². The molecule has 0 amide bonds. The van der Waals surface area contributed by atoms with Crippen molar-refractivity contribution in [2.45, 2.75) is 99.8 Å². The summed E-state index contributed by atoms with van der Waals surface area (Å²) in [7, 11) is 0. The van der Waals surface area contributed by atoms with Gasteiger partial charge in [-0.1, -0.05) is 74.1 Å². The van der Waals surface area contributed by atoms with Crippen molar-refractivity contribution in [3.63, 3.8) is 0 Å². The van der Waals surface area contributed by atoms with Gasteiger partial charge in [-0.15, -0.1) is 0 Å². The molecular weight excluding hydrogens is 204 g/mol. The topological polar surface area (TPSA) is 0 Å². The fraction of sp³-hybridized carbons (Fsp3) is 1.00. The summed E-state index contributed by atoms with van der Waals surface area (Å²) in [4.78, 5) is 0. The highest BCUT2D eigenvalue weighted by Gasteiger charge is 2.44. The molecule has 0 atom stereocenters. The first-order valence-electron chi connectivity index (χ1n) is 8.23. The molecule has 106 valence electrons.